The molecule has 0 aliphatic heterocycles. The summed E-state index contributed by atoms with van der Waals surface area (Å²) in [5, 5.41) is 0. The van der Waals surface area contributed by atoms with E-state index in [4.69, 9.17) is 10.7 Å². The lowest BCUT2D eigenvalue weighted by molar-refractivity contribution is 0.512. The van der Waals surface area contributed by atoms with Gasteiger partial charge in [0.1, 0.15) is 5.82 Å². The molecule has 0 aliphatic rings. The van der Waals surface area contributed by atoms with Crippen LogP contribution >= 0.6 is 0 Å². The molecule has 0 fully saturated rings. The third-order valence-corrected chi connectivity index (χ3v) is 4.59. The molecule has 1 aromatic heterocycles. The van der Waals surface area contributed by atoms with E-state index in [2.05, 4.69) is 25.3 Å². The van der Waals surface area contributed by atoms with Crippen LogP contribution < -0.4 is 5.73 Å². The predicted molar refractivity (Wildman–Crippen MR) is 86.4 cm³/mol. The van der Waals surface area contributed by atoms with Crippen molar-refractivity contribution in [3.05, 3.63) is 24.0 Å². The van der Waals surface area contributed by atoms with Crippen molar-refractivity contribution in [2.45, 2.75) is 39.7 Å². The second-order valence-corrected chi connectivity index (χ2v) is 7.88. The summed E-state index contributed by atoms with van der Waals surface area (Å²) in [4.78, 5) is 4.73. The topological polar surface area (TPSA) is 60.9 Å². The number of benzene rings is 1. The molecular weight excluding hydrogens is 270 g/mol. The van der Waals surface area contributed by atoms with Crippen LogP contribution in [0.25, 0.3) is 11.0 Å². The van der Waals surface area contributed by atoms with Crippen molar-refractivity contribution in [3.8, 4) is 0 Å². The van der Waals surface area contributed by atoms with Crippen molar-refractivity contribution in [2.75, 3.05) is 17.2 Å². The first-order valence-corrected chi connectivity index (χ1v) is 8.43. The molecule has 4 nitrogen and oxygen atoms in total. The van der Waals surface area contributed by atoms with Gasteiger partial charge in [-0.25, -0.2) is 4.98 Å². The standard InChI is InChI=1S/C15H23N3OS/c1-5-20(19)9-8-18-13-7-6-11(16)10-12(13)17-14(18)15(2,3)4/h6-7,10H,5,8-9,16H2,1-4H3. The van der Waals surface area contributed by atoms with E-state index < -0.39 is 10.8 Å². The first kappa shape index (κ1) is 15.0. The van der Waals surface area contributed by atoms with E-state index in [0.29, 0.717) is 11.5 Å². The summed E-state index contributed by atoms with van der Waals surface area (Å²) >= 11 is 0. The van der Waals surface area contributed by atoms with E-state index in [0.717, 1.165) is 29.1 Å². The molecule has 0 aliphatic carbocycles. The molecule has 0 bridgehead atoms. The summed E-state index contributed by atoms with van der Waals surface area (Å²) < 4.78 is 13.9. The third kappa shape index (κ3) is 3.03. The molecule has 1 unspecified atom stereocenters. The maximum absolute atomic E-state index is 11.7. The van der Waals surface area contributed by atoms with Crippen molar-refractivity contribution in [2.24, 2.45) is 0 Å². The number of aryl methyl sites for hydroxylation is 1. The number of nitrogen functional groups attached to an aromatic ring is 1. The fraction of sp³-hybridized carbons (Fsp3) is 0.533. The molecule has 2 aromatic rings. The summed E-state index contributed by atoms with van der Waals surface area (Å²) in [7, 11) is -0.767. The lowest BCUT2D eigenvalue weighted by atomic mass is 9.96. The Morgan fingerprint density at radius 2 is 2.05 bits per heavy atom. The first-order chi connectivity index (χ1) is 9.32. The van der Waals surface area contributed by atoms with E-state index in [9.17, 15) is 4.21 Å². The summed E-state index contributed by atoms with van der Waals surface area (Å²) in [6, 6.07) is 5.80. The Labute approximate surface area is 122 Å². The number of hydrogen-bond donors (Lipinski definition) is 1. The van der Waals surface area contributed by atoms with Gasteiger partial charge < -0.3 is 10.3 Å². The zero-order chi connectivity index (χ0) is 14.9. The van der Waals surface area contributed by atoms with Gasteiger partial charge in [-0.3, -0.25) is 4.21 Å². The number of aromatic nitrogens is 2. The van der Waals surface area contributed by atoms with Gasteiger partial charge in [0.05, 0.1) is 11.0 Å². The average molecular weight is 293 g/mol. The molecule has 2 rings (SSSR count). The highest BCUT2D eigenvalue weighted by Crippen LogP contribution is 2.27. The minimum atomic E-state index is -0.767. The molecule has 110 valence electrons. The number of anilines is 1. The van der Waals surface area contributed by atoms with Gasteiger partial charge in [0, 0.05) is 40.0 Å². The maximum atomic E-state index is 11.7. The summed E-state index contributed by atoms with van der Waals surface area (Å²) in [5.74, 6) is 2.38. The van der Waals surface area contributed by atoms with Crippen LogP contribution in [-0.2, 0) is 22.8 Å². The number of nitrogens with two attached hydrogens (primary N) is 1. The minimum Gasteiger partial charge on any atom is -0.399 e. The third-order valence-electron chi connectivity index (χ3n) is 3.31. The molecule has 0 radical (unpaired) electrons. The molecule has 1 heterocycles. The molecule has 20 heavy (non-hydrogen) atoms. The smallest absolute Gasteiger partial charge is 0.115 e. The normalized spacial score (nSPS) is 13.8. The molecule has 2 N–H and O–H groups in total. The van der Waals surface area contributed by atoms with Crippen molar-refractivity contribution in [1.29, 1.82) is 0 Å². The highest BCUT2D eigenvalue weighted by Gasteiger charge is 2.23. The van der Waals surface area contributed by atoms with E-state index in [1.807, 2.05) is 25.1 Å². The Hall–Kier alpha value is -1.36. The predicted octanol–water partition coefficient (Wildman–Crippen LogP) is 2.68. The molecule has 1 atom stereocenters. The Kier molecular flexibility index (Phi) is 4.18. The largest absolute Gasteiger partial charge is 0.399 e. The van der Waals surface area contributed by atoms with Gasteiger partial charge in [0.25, 0.3) is 0 Å². The Balaban J connectivity index is 2.50. The van der Waals surface area contributed by atoms with Crippen LogP contribution in [0.5, 0.6) is 0 Å². The lowest BCUT2D eigenvalue weighted by Crippen LogP contribution is -2.21. The van der Waals surface area contributed by atoms with Crippen LogP contribution in [0, 0.1) is 0 Å². The Morgan fingerprint density at radius 3 is 2.65 bits per heavy atom. The van der Waals surface area contributed by atoms with E-state index in [1.54, 1.807) is 0 Å². The SMILES string of the molecule is CCS(=O)CCn1c(C(C)(C)C)nc2cc(N)ccc21. The van der Waals surface area contributed by atoms with Crippen molar-refractivity contribution in [3.63, 3.8) is 0 Å². The Bertz CT molecular complexity index is 640. The molecule has 0 saturated carbocycles. The van der Waals surface area contributed by atoms with E-state index in [-0.39, 0.29) is 5.41 Å². The van der Waals surface area contributed by atoms with Crippen LogP contribution in [0.3, 0.4) is 0 Å². The van der Waals surface area contributed by atoms with Gasteiger partial charge in [-0.2, -0.15) is 0 Å². The van der Waals surface area contributed by atoms with E-state index in [1.165, 1.54) is 0 Å². The molecular formula is C15H23N3OS. The van der Waals surface area contributed by atoms with Crippen molar-refractivity contribution < 1.29 is 4.21 Å². The van der Waals surface area contributed by atoms with Crippen LogP contribution in [0.1, 0.15) is 33.5 Å². The van der Waals surface area contributed by atoms with Crippen LogP contribution in [0.2, 0.25) is 0 Å². The van der Waals surface area contributed by atoms with Gasteiger partial charge in [-0.1, -0.05) is 27.7 Å². The number of nitrogens with zero attached hydrogens (tertiary/aromatic N) is 2. The average Bonchev–Trinajstić information content (AvgIpc) is 2.73. The summed E-state index contributed by atoms with van der Waals surface area (Å²) in [6.07, 6.45) is 0. The van der Waals surface area contributed by atoms with Gasteiger partial charge in [-0.05, 0) is 18.2 Å². The fourth-order valence-electron chi connectivity index (χ4n) is 2.28. The summed E-state index contributed by atoms with van der Waals surface area (Å²) in [5.41, 5.74) is 8.49. The van der Waals surface area contributed by atoms with E-state index >= 15 is 0 Å². The zero-order valence-electron chi connectivity index (χ0n) is 12.6. The van der Waals surface area contributed by atoms with Gasteiger partial charge in [0.2, 0.25) is 0 Å². The molecule has 0 spiro atoms. The van der Waals surface area contributed by atoms with Gasteiger partial charge in [-0.15, -0.1) is 0 Å². The number of rotatable bonds is 4. The molecule has 5 heteroatoms. The maximum Gasteiger partial charge on any atom is 0.115 e. The molecule has 0 amide bonds. The zero-order valence-corrected chi connectivity index (χ0v) is 13.5. The van der Waals surface area contributed by atoms with Gasteiger partial charge >= 0.3 is 0 Å². The number of imidazole rings is 1. The minimum absolute atomic E-state index is 0.0541. The van der Waals surface area contributed by atoms with Crippen LogP contribution in [-0.4, -0.2) is 25.3 Å². The first-order valence-electron chi connectivity index (χ1n) is 6.94. The summed E-state index contributed by atoms with van der Waals surface area (Å²) in [6.45, 7) is 9.11. The van der Waals surface area contributed by atoms with Crippen LogP contribution in [0.15, 0.2) is 18.2 Å². The fourth-order valence-corrected chi connectivity index (χ4v) is 2.96. The van der Waals surface area contributed by atoms with Gasteiger partial charge in [0.15, 0.2) is 0 Å². The lowest BCUT2D eigenvalue weighted by Gasteiger charge is -2.20. The highest BCUT2D eigenvalue weighted by atomic mass is 32.2. The second-order valence-electron chi connectivity index (χ2n) is 6.02. The number of hydrogen-bond acceptors (Lipinski definition) is 3. The quantitative estimate of drug-likeness (QED) is 0.882. The Morgan fingerprint density at radius 1 is 1.35 bits per heavy atom. The molecule has 1 aromatic carbocycles. The monoisotopic (exact) mass is 293 g/mol. The van der Waals surface area contributed by atoms with Crippen LogP contribution in [0.4, 0.5) is 5.69 Å². The second kappa shape index (κ2) is 5.56. The van der Waals surface area contributed by atoms with Crippen molar-refractivity contribution >= 4 is 27.5 Å². The highest BCUT2D eigenvalue weighted by molar-refractivity contribution is 7.84. The van der Waals surface area contributed by atoms with Crippen molar-refractivity contribution in [1.82, 2.24) is 9.55 Å². The number of fused-ring (bicyclic) bond motifs is 1. The molecule has 0 saturated heterocycles.